The molecule has 26 heavy (non-hydrogen) atoms. The number of nitrogens with zero attached hydrogens (tertiary/aromatic N) is 4. The van der Waals surface area contributed by atoms with E-state index in [4.69, 9.17) is 0 Å². The number of hydrogen-bond acceptors (Lipinski definition) is 4. The summed E-state index contributed by atoms with van der Waals surface area (Å²) in [5.41, 5.74) is 3.25. The zero-order chi connectivity index (χ0) is 18.5. The Labute approximate surface area is 156 Å². The van der Waals surface area contributed by atoms with Gasteiger partial charge in [0.15, 0.2) is 0 Å². The van der Waals surface area contributed by atoms with Crippen LogP contribution in [0.5, 0.6) is 0 Å². The molecule has 2 heterocycles. The third-order valence-corrected chi connectivity index (χ3v) is 4.77. The summed E-state index contributed by atoms with van der Waals surface area (Å²) in [6.07, 6.45) is 2.90. The number of aryl methyl sites for hydroxylation is 1. The van der Waals surface area contributed by atoms with E-state index >= 15 is 0 Å². The van der Waals surface area contributed by atoms with Crippen molar-refractivity contribution < 1.29 is 4.79 Å². The van der Waals surface area contributed by atoms with Gasteiger partial charge >= 0.3 is 0 Å². The average Bonchev–Trinajstić information content (AvgIpc) is 2.66. The van der Waals surface area contributed by atoms with E-state index in [-0.39, 0.29) is 5.91 Å². The lowest BCUT2D eigenvalue weighted by molar-refractivity contribution is 0.0749. The van der Waals surface area contributed by atoms with Crippen LogP contribution in [0.15, 0.2) is 30.3 Å². The van der Waals surface area contributed by atoms with Crippen molar-refractivity contribution in [3.63, 3.8) is 0 Å². The summed E-state index contributed by atoms with van der Waals surface area (Å²) < 4.78 is 0. The van der Waals surface area contributed by atoms with Crippen LogP contribution in [-0.2, 0) is 13.0 Å². The molecule has 0 aliphatic carbocycles. The Kier molecular flexibility index (Phi) is 5.86. The Bertz CT molecular complexity index is 768. The maximum absolute atomic E-state index is 12.9. The molecular formula is C21H28N4O. The van der Waals surface area contributed by atoms with E-state index in [0.29, 0.717) is 11.5 Å². The highest BCUT2D eigenvalue weighted by molar-refractivity contribution is 5.93. The monoisotopic (exact) mass is 352 g/mol. The van der Waals surface area contributed by atoms with Crippen LogP contribution in [0.25, 0.3) is 0 Å². The fourth-order valence-corrected chi connectivity index (χ4v) is 3.53. The largest absolute Gasteiger partial charge is 0.352 e. The first-order valence-electron chi connectivity index (χ1n) is 9.59. The highest BCUT2D eigenvalue weighted by atomic mass is 16.2. The van der Waals surface area contributed by atoms with Crippen molar-refractivity contribution in [2.75, 3.05) is 24.5 Å². The van der Waals surface area contributed by atoms with Gasteiger partial charge in [-0.25, -0.2) is 9.97 Å². The van der Waals surface area contributed by atoms with Gasteiger partial charge in [0, 0.05) is 32.2 Å². The van der Waals surface area contributed by atoms with Gasteiger partial charge in [0.2, 0.25) is 0 Å². The molecule has 0 saturated heterocycles. The molecule has 0 unspecified atom stereocenters. The summed E-state index contributed by atoms with van der Waals surface area (Å²) in [6, 6.07) is 10.4. The van der Waals surface area contributed by atoms with Crippen molar-refractivity contribution in [2.24, 2.45) is 0 Å². The highest BCUT2D eigenvalue weighted by Gasteiger charge is 2.21. The summed E-state index contributed by atoms with van der Waals surface area (Å²) in [4.78, 5) is 26.1. The Morgan fingerprint density at radius 3 is 2.50 bits per heavy atom. The molecular weight excluding hydrogens is 324 g/mol. The number of fused-ring (bicyclic) bond motifs is 1. The molecule has 1 aromatic heterocycles. The zero-order valence-electron chi connectivity index (χ0n) is 16.0. The lowest BCUT2D eigenvalue weighted by Gasteiger charge is -2.30. The molecule has 1 amide bonds. The molecule has 1 aliphatic rings. The quantitative estimate of drug-likeness (QED) is 0.797. The van der Waals surface area contributed by atoms with Gasteiger partial charge in [0.1, 0.15) is 17.3 Å². The number of benzene rings is 1. The second kappa shape index (κ2) is 8.30. The first-order valence-corrected chi connectivity index (χ1v) is 9.59. The predicted octanol–water partition coefficient (Wildman–Crippen LogP) is 3.61. The van der Waals surface area contributed by atoms with Gasteiger partial charge in [-0.2, -0.15) is 0 Å². The molecule has 0 N–H and O–H groups in total. The number of anilines is 1. The molecule has 0 atom stereocenters. The van der Waals surface area contributed by atoms with Crippen molar-refractivity contribution >= 4 is 11.7 Å². The second-order valence-corrected chi connectivity index (χ2v) is 6.89. The van der Waals surface area contributed by atoms with Gasteiger partial charge in [0.25, 0.3) is 5.91 Å². The number of aromatic nitrogens is 2. The molecule has 1 aliphatic heterocycles. The van der Waals surface area contributed by atoms with Crippen LogP contribution in [0, 0.1) is 6.92 Å². The standard InChI is InChI=1S/C21H28N4O/c1-4-11-24(12-5-2)21(26)19-14-20(23-16(3)22-19)25-13-10-17-8-6-7-9-18(17)15-25/h6-9,14H,4-5,10-13,15H2,1-3H3. The molecule has 0 fully saturated rings. The first kappa shape index (κ1) is 18.4. The Balaban J connectivity index is 1.85. The number of carbonyl (C=O) groups excluding carboxylic acids is 1. The second-order valence-electron chi connectivity index (χ2n) is 6.89. The van der Waals surface area contributed by atoms with Gasteiger partial charge in [-0.1, -0.05) is 38.1 Å². The van der Waals surface area contributed by atoms with Gasteiger partial charge in [-0.15, -0.1) is 0 Å². The lowest BCUT2D eigenvalue weighted by atomic mass is 10.00. The average molecular weight is 352 g/mol. The maximum atomic E-state index is 12.9. The maximum Gasteiger partial charge on any atom is 0.272 e. The normalized spacial score (nSPS) is 13.4. The molecule has 0 radical (unpaired) electrons. The Morgan fingerprint density at radius 1 is 1.12 bits per heavy atom. The van der Waals surface area contributed by atoms with E-state index in [0.717, 1.165) is 51.3 Å². The van der Waals surface area contributed by atoms with Crippen LogP contribution in [0.2, 0.25) is 0 Å². The van der Waals surface area contributed by atoms with Crippen molar-refractivity contribution in [3.8, 4) is 0 Å². The minimum Gasteiger partial charge on any atom is -0.352 e. The minimum absolute atomic E-state index is 0.0119. The Hall–Kier alpha value is -2.43. The molecule has 0 spiro atoms. The van der Waals surface area contributed by atoms with E-state index in [1.54, 1.807) is 0 Å². The molecule has 3 rings (SSSR count). The summed E-state index contributed by atoms with van der Waals surface area (Å²) in [5.74, 6) is 1.51. The number of amides is 1. The van der Waals surface area contributed by atoms with E-state index < -0.39 is 0 Å². The van der Waals surface area contributed by atoms with Crippen molar-refractivity contribution in [1.29, 1.82) is 0 Å². The number of hydrogen-bond donors (Lipinski definition) is 0. The van der Waals surface area contributed by atoms with Gasteiger partial charge < -0.3 is 9.80 Å². The van der Waals surface area contributed by atoms with Gasteiger partial charge in [-0.05, 0) is 37.3 Å². The molecule has 138 valence electrons. The van der Waals surface area contributed by atoms with E-state index in [1.807, 2.05) is 17.9 Å². The van der Waals surface area contributed by atoms with E-state index in [1.165, 1.54) is 11.1 Å². The molecule has 0 bridgehead atoms. The summed E-state index contributed by atoms with van der Waals surface area (Å²) >= 11 is 0. The SMILES string of the molecule is CCCN(CCC)C(=O)c1cc(N2CCc3ccccc3C2)nc(C)n1. The van der Waals surface area contributed by atoms with Crippen LogP contribution >= 0.6 is 0 Å². The van der Waals surface area contributed by atoms with Crippen LogP contribution in [0.1, 0.15) is 54.1 Å². The third kappa shape index (κ3) is 4.03. The Morgan fingerprint density at radius 2 is 1.81 bits per heavy atom. The third-order valence-electron chi connectivity index (χ3n) is 4.77. The van der Waals surface area contributed by atoms with Crippen LogP contribution in [0.4, 0.5) is 5.82 Å². The zero-order valence-corrected chi connectivity index (χ0v) is 16.0. The van der Waals surface area contributed by atoms with Gasteiger partial charge in [-0.3, -0.25) is 4.79 Å². The highest BCUT2D eigenvalue weighted by Crippen LogP contribution is 2.24. The summed E-state index contributed by atoms with van der Waals surface area (Å²) in [6.45, 7) is 9.32. The van der Waals surface area contributed by atoms with Crippen LogP contribution < -0.4 is 4.90 Å². The molecule has 0 saturated carbocycles. The smallest absolute Gasteiger partial charge is 0.272 e. The summed E-state index contributed by atoms with van der Waals surface area (Å²) in [7, 11) is 0. The van der Waals surface area contributed by atoms with Crippen molar-refractivity contribution in [2.45, 2.75) is 46.6 Å². The molecule has 5 nitrogen and oxygen atoms in total. The van der Waals surface area contributed by atoms with Gasteiger partial charge in [0.05, 0.1) is 0 Å². The molecule has 1 aromatic carbocycles. The molecule has 5 heteroatoms. The fourth-order valence-electron chi connectivity index (χ4n) is 3.53. The predicted molar refractivity (Wildman–Crippen MR) is 104 cm³/mol. The lowest BCUT2D eigenvalue weighted by Crippen LogP contribution is -2.34. The van der Waals surface area contributed by atoms with E-state index in [9.17, 15) is 4.79 Å². The van der Waals surface area contributed by atoms with Crippen LogP contribution in [0.3, 0.4) is 0 Å². The first-order chi connectivity index (χ1) is 12.6. The van der Waals surface area contributed by atoms with Crippen molar-refractivity contribution in [1.82, 2.24) is 14.9 Å². The minimum atomic E-state index is 0.0119. The van der Waals surface area contributed by atoms with E-state index in [2.05, 4.69) is 53.0 Å². The fraction of sp³-hybridized carbons (Fsp3) is 0.476. The van der Waals surface area contributed by atoms with Crippen LogP contribution in [-0.4, -0.2) is 40.4 Å². The molecule has 2 aromatic rings. The number of carbonyl (C=O) groups is 1. The summed E-state index contributed by atoms with van der Waals surface area (Å²) in [5, 5.41) is 0. The number of rotatable bonds is 6. The topological polar surface area (TPSA) is 49.3 Å². The van der Waals surface area contributed by atoms with Crippen molar-refractivity contribution in [3.05, 3.63) is 53.0 Å².